The Balaban J connectivity index is 2.87. The van der Waals surface area contributed by atoms with Gasteiger partial charge in [0.1, 0.15) is 0 Å². The van der Waals surface area contributed by atoms with Crippen LogP contribution < -0.4 is 9.47 Å². The quantitative estimate of drug-likeness (QED) is 0.518. The molecule has 0 N–H and O–H groups in total. The van der Waals surface area contributed by atoms with Crippen LogP contribution in [0.1, 0.15) is 26.5 Å². The van der Waals surface area contributed by atoms with Crippen molar-refractivity contribution in [3.8, 4) is 11.9 Å². The molecular weight excluding hydrogens is 264 g/mol. The monoisotopic (exact) mass is 282 g/mol. The van der Waals surface area contributed by atoms with Crippen LogP contribution in [0, 0.1) is 0 Å². The average molecular weight is 282 g/mol. The molecule has 20 heavy (non-hydrogen) atoms. The van der Waals surface area contributed by atoms with Gasteiger partial charge in [0.15, 0.2) is 0 Å². The van der Waals surface area contributed by atoms with E-state index in [2.05, 4.69) is 14.7 Å². The zero-order valence-corrected chi connectivity index (χ0v) is 11.8. The van der Waals surface area contributed by atoms with Crippen molar-refractivity contribution in [1.29, 1.82) is 0 Å². The van der Waals surface area contributed by atoms with Crippen LogP contribution in [0.3, 0.4) is 0 Å². The van der Waals surface area contributed by atoms with Crippen LogP contribution in [0.25, 0.3) is 0 Å². The Kier molecular flexibility index (Phi) is 6.42. The summed E-state index contributed by atoms with van der Waals surface area (Å²) >= 11 is 0. The molecule has 0 saturated heterocycles. The van der Waals surface area contributed by atoms with Crippen LogP contribution in [0.4, 0.5) is 0 Å². The summed E-state index contributed by atoms with van der Waals surface area (Å²) in [6.07, 6.45) is -0.179. The van der Waals surface area contributed by atoms with Crippen molar-refractivity contribution in [3.63, 3.8) is 0 Å². The van der Waals surface area contributed by atoms with Gasteiger partial charge in [0, 0.05) is 6.07 Å². The van der Waals surface area contributed by atoms with Gasteiger partial charge < -0.3 is 14.2 Å². The van der Waals surface area contributed by atoms with Crippen LogP contribution in [-0.2, 0) is 20.7 Å². The maximum Gasteiger partial charge on any atom is 0.375 e. The lowest BCUT2D eigenvalue weighted by molar-refractivity contribution is -0.153. The molecule has 1 aromatic rings. The first kappa shape index (κ1) is 15.9. The summed E-state index contributed by atoms with van der Waals surface area (Å²) in [6.45, 7) is 6.21. The van der Waals surface area contributed by atoms with Gasteiger partial charge in [-0.1, -0.05) is 0 Å². The number of rotatable bonds is 8. The van der Waals surface area contributed by atoms with Crippen LogP contribution in [0.15, 0.2) is 6.07 Å². The number of ketones is 1. The van der Waals surface area contributed by atoms with Gasteiger partial charge in [0.25, 0.3) is 0 Å². The van der Waals surface area contributed by atoms with E-state index in [0.717, 1.165) is 0 Å². The number of carbonyl (C=O) groups is 2. The van der Waals surface area contributed by atoms with Crippen molar-refractivity contribution in [3.05, 3.63) is 11.8 Å². The van der Waals surface area contributed by atoms with Gasteiger partial charge in [-0.05, 0) is 20.8 Å². The minimum Gasteiger partial charge on any atom is -0.478 e. The van der Waals surface area contributed by atoms with E-state index in [0.29, 0.717) is 24.8 Å². The molecule has 110 valence electrons. The number of ether oxygens (including phenoxy) is 3. The molecule has 7 nitrogen and oxygen atoms in total. The van der Waals surface area contributed by atoms with E-state index in [4.69, 9.17) is 9.47 Å². The van der Waals surface area contributed by atoms with Crippen molar-refractivity contribution < 1.29 is 23.8 Å². The van der Waals surface area contributed by atoms with Gasteiger partial charge in [-0.25, -0.2) is 4.79 Å². The molecule has 0 aliphatic carbocycles. The molecule has 0 aliphatic rings. The summed E-state index contributed by atoms with van der Waals surface area (Å²) in [6, 6.07) is 1.62. The SMILES string of the molecule is CCOC(=O)C(=O)Cc1cc(OCC)nc(OCC)n1. The first-order chi connectivity index (χ1) is 9.60. The predicted molar refractivity (Wildman–Crippen MR) is 69.7 cm³/mol. The molecule has 0 fully saturated rings. The van der Waals surface area contributed by atoms with Gasteiger partial charge in [-0.15, -0.1) is 0 Å². The van der Waals surface area contributed by atoms with E-state index >= 15 is 0 Å². The number of Topliss-reactive ketones (excluding diaryl/α,β-unsaturated/α-hetero) is 1. The van der Waals surface area contributed by atoms with Crippen LogP contribution >= 0.6 is 0 Å². The van der Waals surface area contributed by atoms with Crippen molar-refractivity contribution >= 4 is 11.8 Å². The van der Waals surface area contributed by atoms with Crippen molar-refractivity contribution in [1.82, 2.24) is 9.97 Å². The van der Waals surface area contributed by atoms with E-state index in [-0.39, 0.29) is 19.0 Å². The lowest BCUT2D eigenvalue weighted by atomic mass is 10.2. The van der Waals surface area contributed by atoms with Crippen LogP contribution in [-0.4, -0.2) is 41.5 Å². The largest absolute Gasteiger partial charge is 0.478 e. The summed E-state index contributed by atoms with van der Waals surface area (Å²) in [5.74, 6) is -1.24. The first-order valence-electron chi connectivity index (χ1n) is 6.44. The molecule has 0 radical (unpaired) electrons. The Morgan fingerprint density at radius 1 is 1.05 bits per heavy atom. The van der Waals surface area contributed by atoms with Crippen molar-refractivity contribution in [2.24, 2.45) is 0 Å². The second-order valence-corrected chi connectivity index (χ2v) is 3.67. The molecule has 1 rings (SSSR count). The minimum atomic E-state index is -0.873. The normalized spacial score (nSPS) is 9.95. The zero-order valence-electron chi connectivity index (χ0n) is 11.8. The minimum absolute atomic E-state index is 0.116. The van der Waals surface area contributed by atoms with Gasteiger partial charge >= 0.3 is 12.0 Å². The van der Waals surface area contributed by atoms with E-state index < -0.39 is 11.8 Å². The molecule has 1 heterocycles. The highest BCUT2D eigenvalue weighted by Gasteiger charge is 2.18. The Labute approximate surface area is 117 Å². The van der Waals surface area contributed by atoms with E-state index in [1.54, 1.807) is 13.8 Å². The molecule has 0 aromatic carbocycles. The standard InChI is InChI=1S/C13H18N2O5/c1-4-18-11-8-9(14-13(15-11)20-6-3)7-10(16)12(17)19-5-2/h8H,4-7H2,1-3H3. The Bertz CT molecular complexity index is 452. The maximum atomic E-state index is 11.6. The molecular formula is C13H18N2O5. The van der Waals surface area contributed by atoms with Crippen LogP contribution in [0.2, 0.25) is 0 Å². The number of hydrogen-bond acceptors (Lipinski definition) is 7. The van der Waals surface area contributed by atoms with Gasteiger partial charge in [-0.3, -0.25) is 4.79 Å². The molecule has 0 amide bonds. The highest BCUT2D eigenvalue weighted by atomic mass is 16.5. The average Bonchev–Trinajstić information content (AvgIpc) is 2.39. The number of hydrogen-bond donors (Lipinski definition) is 0. The molecule has 0 saturated carbocycles. The van der Waals surface area contributed by atoms with Gasteiger partial charge in [-0.2, -0.15) is 9.97 Å². The third kappa shape index (κ3) is 4.83. The Morgan fingerprint density at radius 3 is 2.35 bits per heavy atom. The van der Waals surface area contributed by atoms with Crippen LogP contribution in [0.5, 0.6) is 11.9 Å². The number of esters is 1. The fourth-order valence-corrected chi connectivity index (χ4v) is 1.40. The molecule has 1 aromatic heterocycles. The molecule has 0 atom stereocenters. The summed E-state index contributed by atoms with van der Waals surface area (Å²) in [5.41, 5.74) is 0.352. The van der Waals surface area contributed by atoms with E-state index in [1.165, 1.54) is 6.07 Å². The molecule has 0 aliphatic heterocycles. The topological polar surface area (TPSA) is 87.6 Å². The number of carbonyl (C=O) groups excluding carboxylic acids is 2. The summed E-state index contributed by atoms with van der Waals surface area (Å²) in [5, 5.41) is 0. The highest BCUT2D eigenvalue weighted by molar-refractivity contribution is 6.34. The fraction of sp³-hybridized carbons (Fsp3) is 0.538. The molecule has 0 spiro atoms. The van der Waals surface area contributed by atoms with Crippen molar-refractivity contribution in [2.75, 3.05) is 19.8 Å². The number of aromatic nitrogens is 2. The van der Waals surface area contributed by atoms with E-state index in [9.17, 15) is 9.59 Å². The molecule has 0 bridgehead atoms. The Hall–Kier alpha value is -2.18. The lowest BCUT2D eigenvalue weighted by Gasteiger charge is -2.08. The number of nitrogens with zero attached hydrogens (tertiary/aromatic N) is 2. The predicted octanol–water partition coefficient (Wildman–Crippen LogP) is 0.949. The summed E-state index contributed by atoms with van der Waals surface area (Å²) < 4.78 is 15.1. The third-order valence-electron chi connectivity index (χ3n) is 2.15. The summed E-state index contributed by atoms with van der Waals surface area (Å²) in [7, 11) is 0. The first-order valence-corrected chi connectivity index (χ1v) is 6.44. The fourth-order valence-electron chi connectivity index (χ4n) is 1.40. The summed E-state index contributed by atoms with van der Waals surface area (Å²) in [4.78, 5) is 31.0. The van der Waals surface area contributed by atoms with Gasteiger partial charge in [0.05, 0.1) is 31.9 Å². The smallest absolute Gasteiger partial charge is 0.375 e. The van der Waals surface area contributed by atoms with E-state index in [1.807, 2.05) is 6.92 Å². The Morgan fingerprint density at radius 2 is 1.75 bits per heavy atom. The second-order valence-electron chi connectivity index (χ2n) is 3.67. The molecule has 7 heteroatoms. The lowest BCUT2D eigenvalue weighted by Crippen LogP contribution is -2.20. The molecule has 0 unspecified atom stereocenters. The second kappa shape index (κ2) is 8.08. The zero-order chi connectivity index (χ0) is 15.0. The van der Waals surface area contributed by atoms with Crippen molar-refractivity contribution in [2.45, 2.75) is 27.2 Å². The van der Waals surface area contributed by atoms with Gasteiger partial charge in [0.2, 0.25) is 11.7 Å². The third-order valence-corrected chi connectivity index (χ3v) is 2.15. The highest BCUT2D eigenvalue weighted by Crippen LogP contribution is 2.15. The maximum absolute atomic E-state index is 11.6.